The molecule has 150 valence electrons. The van der Waals surface area contributed by atoms with Gasteiger partial charge in [0.25, 0.3) is 0 Å². The van der Waals surface area contributed by atoms with Crippen LogP contribution in [0.15, 0.2) is 29.6 Å². The molecule has 2 aromatic rings. The first-order valence-corrected chi connectivity index (χ1v) is 11.4. The topological polar surface area (TPSA) is 71.5 Å². The van der Waals surface area contributed by atoms with Crippen LogP contribution in [-0.4, -0.2) is 59.5 Å². The number of morpholine rings is 1. The van der Waals surface area contributed by atoms with Crippen LogP contribution in [0.5, 0.6) is 0 Å². The SMILES string of the molecule is CC(C)c1ccc(-c2csc(NC(=O)CSCC(=O)N3CCOCC3)n2)cc1. The third-order valence-corrected chi connectivity index (χ3v) is 6.12. The normalized spacial score (nSPS) is 14.3. The second-order valence-corrected chi connectivity index (χ2v) is 8.69. The van der Waals surface area contributed by atoms with Crippen molar-refractivity contribution in [3.63, 3.8) is 0 Å². The molecular weight excluding hydrogens is 394 g/mol. The maximum absolute atomic E-state index is 12.1. The fraction of sp³-hybridized carbons (Fsp3) is 0.450. The molecule has 3 rings (SSSR count). The van der Waals surface area contributed by atoms with Gasteiger partial charge in [0.05, 0.1) is 30.4 Å². The largest absolute Gasteiger partial charge is 0.378 e. The van der Waals surface area contributed by atoms with Gasteiger partial charge in [0, 0.05) is 24.0 Å². The van der Waals surface area contributed by atoms with Crippen LogP contribution in [0, 0.1) is 0 Å². The van der Waals surface area contributed by atoms with E-state index >= 15 is 0 Å². The van der Waals surface area contributed by atoms with E-state index in [0.717, 1.165) is 11.3 Å². The zero-order chi connectivity index (χ0) is 19.9. The summed E-state index contributed by atoms with van der Waals surface area (Å²) < 4.78 is 5.24. The molecular formula is C20H25N3O3S2. The highest BCUT2D eigenvalue weighted by molar-refractivity contribution is 8.00. The number of aromatic nitrogens is 1. The Hall–Kier alpha value is -1.90. The van der Waals surface area contributed by atoms with E-state index in [2.05, 4.69) is 48.4 Å². The van der Waals surface area contributed by atoms with Crippen LogP contribution in [0.1, 0.15) is 25.3 Å². The quantitative estimate of drug-likeness (QED) is 0.744. The van der Waals surface area contributed by atoms with Gasteiger partial charge in [-0.1, -0.05) is 38.1 Å². The molecule has 1 aromatic carbocycles. The number of carbonyl (C=O) groups is 2. The van der Waals surface area contributed by atoms with Gasteiger partial charge in [0.2, 0.25) is 11.8 Å². The summed E-state index contributed by atoms with van der Waals surface area (Å²) in [5.74, 6) is 0.942. The van der Waals surface area contributed by atoms with Crippen LogP contribution in [-0.2, 0) is 14.3 Å². The third-order valence-electron chi connectivity index (χ3n) is 4.45. The summed E-state index contributed by atoms with van der Waals surface area (Å²) in [5.41, 5.74) is 3.17. The Balaban J connectivity index is 1.45. The van der Waals surface area contributed by atoms with Gasteiger partial charge >= 0.3 is 0 Å². The van der Waals surface area contributed by atoms with Crippen molar-refractivity contribution >= 4 is 40.0 Å². The number of amides is 2. The highest BCUT2D eigenvalue weighted by Crippen LogP contribution is 2.26. The first-order valence-electron chi connectivity index (χ1n) is 9.32. The van der Waals surface area contributed by atoms with Crippen molar-refractivity contribution in [1.29, 1.82) is 0 Å². The summed E-state index contributed by atoms with van der Waals surface area (Å²) >= 11 is 2.73. The van der Waals surface area contributed by atoms with Gasteiger partial charge in [0.1, 0.15) is 0 Å². The molecule has 0 atom stereocenters. The second-order valence-electron chi connectivity index (χ2n) is 6.85. The standard InChI is InChI=1S/C20H25N3O3S2/c1-14(2)15-3-5-16(6-4-15)17-11-28-20(21-17)22-18(24)12-27-13-19(25)23-7-9-26-10-8-23/h3-6,11,14H,7-10,12-13H2,1-2H3,(H,21,22,24). The number of hydrogen-bond donors (Lipinski definition) is 1. The highest BCUT2D eigenvalue weighted by Gasteiger charge is 2.17. The van der Waals surface area contributed by atoms with E-state index in [1.807, 2.05) is 5.38 Å². The predicted molar refractivity (Wildman–Crippen MR) is 115 cm³/mol. The molecule has 28 heavy (non-hydrogen) atoms. The molecule has 0 radical (unpaired) electrons. The Morgan fingerprint density at radius 1 is 1.21 bits per heavy atom. The number of rotatable bonds is 7. The number of hydrogen-bond acceptors (Lipinski definition) is 6. The average Bonchev–Trinajstić information content (AvgIpc) is 3.17. The van der Waals surface area contributed by atoms with Gasteiger partial charge in [-0.15, -0.1) is 23.1 Å². The number of carbonyl (C=O) groups excluding carboxylic acids is 2. The number of nitrogens with one attached hydrogen (secondary N) is 1. The fourth-order valence-corrected chi connectivity index (χ4v) is 4.25. The number of thiazole rings is 1. The van der Waals surface area contributed by atoms with E-state index in [-0.39, 0.29) is 17.6 Å². The second kappa shape index (κ2) is 10.0. The lowest BCUT2D eigenvalue weighted by Crippen LogP contribution is -2.41. The van der Waals surface area contributed by atoms with Crippen LogP contribution in [0.4, 0.5) is 5.13 Å². The molecule has 1 fully saturated rings. The van der Waals surface area contributed by atoms with Gasteiger partial charge in [-0.25, -0.2) is 4.98 Å². The van der Waals surface area contributed by atoms with Gasteiger partial charge in [0.15, 0.2) is 5.13 Å². The summed E-state index contributed by atoms with van der Waals surface area (Å²) in [6.07, 6.45) is 0. The van der Waals surface area contributed by atoms with Crippen LogP contribution in [0.3, 0.4) is 0 Å². The maximum atomic E-state index is 12.1. The number of benzene rings is 1. The van der Waals surface area contributed by atoms with Gasteiger partial charge in [-0.2, -0.15) is 0 Å². The first-order chi connectivity index (χ1) is 13.5. The van der Waals surface area contributed by atoms with E-state index in [4.69, 9.17) is 4.74 Å². The molecule has 1 aliphatic rings. The molecule has 2 amide bonds. The Labute approximate surface area is 173 Å². The van der Waals surface area contributed by atoms with Crippen LogP contribution in [0.2, 0.25) is 0 Å². The van der Waals surface area contributed by atoms with Crippen molar-refractivity contribution in [1.82, 2.24) is 9.88 Å². The average molecular weight is 420 g/mol. The summed E-state index contributed by atoms with van der Waals surface area (Å²) in [7, 11) is 0. The van der Waals surface area contributed by atoms with Crippen molar-refractivity contribution < 1.29 is 14.3 Å². The Morgan fingerprint density at radius 3 is 2.61 bits per heavy atom. The van der Waals surface area contributed by atoms with Gasteiger partial charge < -0.3 is 15.0 Å². The minimum absolute atomic E-state index is 0.0579. The molecule has 1 saturated heterocycles. The lowest BCUT2D eigenvalue weighted by molar-refractivity contribution is -0.132. The summed E-state index contributed by atoms with van der Waals surface area (Å²) in [5, 5.41) is 5.33. The molecule has 0 aliphatic carbocycles. The molecule has 0 spiro atoms. The number of ether oxygens (including phenoxy) is 1. The van der Waals surface area contributed by atoms with E-state index in [9.17, 15) is 9.59 Å². The molecule has 0 bridgehead atoms. The van der Waals surface area contributed by atoms with Crippen LogP contribution >= 0.6 is 23.1 Å². The van der Waals surface area contributed by atoms with Crippen molar-refractivity contribution in [2.24, 2.45) is 0 Å². The van der Waals surface area contributed by atoms with Crippen molar-refractivity contribution in [3.8, 4) is 11.3 Å². The first kappa shape index (κ1) is 20.8. The lowest BCUT2D eigenvalue weighted by Gasteiger charge is -2.26. The fourth-order valence-electron chi connectivity index (χ4n) is 2.79. The summed E-state index contributed by atoms with van der Waals surface area (Å²) in [4.78, 5) is 30.5. The van der Waals surface area contributed by atoms with Crippen molar-refractivity contribution in [3.05, 3.63) is 35.2 Å². The smallest absolute Gasteiger partial charge is 0.236 e. The predicted octanol–water partition coefficient (Wildman–Crippen LogP) is 3.46. The van der Waals surface area contributed by atoms with Crippen LogP contribution in [0.25, 0.3) is 11.3 Å². The molecule has 6 nitrogen and oxygen atoms in total. The Bertz CT molecular complexity index is 799. The minimum atomic E-state index is -0.143. The number of thioether (sulfide) groups is 1. The lowest BCUT2D eigenvalue weighted by atomic mass is 10.0. The molecule has 8 heteroatoms. The van der Waals surface area contributed by atoms with Crippen LogP contribution < -0.4 is 5.32 Å². The number of anilines is 1. The van der Waals surface area contributed by atoms with Gasteiger partial charge in [-0.05, 0) is 11.5 Å². The molecule has 1 aliphatic heterocycles. The molecule has 1 N–H and O–H groups in total. The van der Waals surface area contributed by atoms with Crippen molar-refractivity contribution in [2.75, 3.05) is 43.1 Å². The van der Waals surface area contributed by atoms with E-state index < -0.39 is 0 Å². The minimum Gasteiger partial charge on any atom is -0.378 e. The molecule has 0 saturated carbocycles. The third kappa shape index (κ3) is 5.80. The molecule has 2 heterocycles. The van der Waals surface area contributed by atoms with Crippen molar-refractivity contribution in [2.45, 2.75) is 19.8 Å². The Morgan fingerprint density at radius 2 is 1.93 bits per heavy atom. The number of nitrogens with zero attached hydrogens (tertiary/aromatic N) is 2. The van der Waals surface area contributed by atoms with E-state index in [0.29, 0.717) is 43.1 Å². The summed E-state index contributed by atoms with van der Waals surface area (Å²) in [6.45, 7) is 6.76. The highest BCUT2D eigenvalue weighted by atomic mass is 32.2. The zero-order valence-electron chi connectivity index (χ0n) is 16.1. The zero-order valence-corrected chi connectivity index (χ0v) is 17.8. The van der Waals surface area contributed by atoms with E-state index in [1.165, 1.54) is 28.7 Å². The Kier molecular flexibility index (Phi) is 7.47. The summed E-state index contributed by atoms with van der Waals surface area (Å²) in [6, 6.07) is 8.34. The maximum Gasteiger partial charge on any atom is 0.236 e. The van der Waals surface area contributed by atoms with E-state index in [1.54, 1.807) is 4.90 Å². The monoisotopic (exact) mass is 419 g/mol. The molecule has 0 unspecified atom stereocenters. The molecule has 1 aromatic heterocycles. The van der Waals surface area contributed by atoms with Gasteiger partial charge in [-0.3, -0.25) is 9.59 Å².